The molecule has 0 atom stereocenters. The Morgan fingerprint density at radius 3 is 2.12 bits per heavy atom. The van der Waals surface area contributed by atoms with Gasteiger partial charge in [0.05, 0.1) is 22.5 Å². The third kappa shape index (κ3) is 5.91. The highest BCUT2D eigenvalue weighted by Crippen LogP contribution is 2.25. The number of carbonyl (C=O) groups is 1. The van der Waals surface area contributed by atoms with E-state index in [2.05, 4.69) is 5.32 Å². The Morgan fingerprint density at radius 2 is 1.48 bits per heavy atom. The molecule has 0 aliphatic heterocycles. The zero-order chi connectivity index (χ0) is 24.2. The molecule has 3 rings (SSSR count). The van der Waals surface area contributed by atoms with E-state index in [1.807, 2.05) is 13.0 Å². The maximum Gasteiger partial charge on any atom is 0.264 e. The van der Waals surface area contributed by atoms with E-state index in [4.69, 9.17) is 0 Å². The van der Waals surface area contributed by atoms with E-state index in [0.29, 0.717) is 17.1 Å². The summed E-state index contributed by atoms with van der Waals surface area (Å²) in [6, 6.07) is 21.1. The second kappa shape index (κ2) is 9.63. The fourth-order valence-corrected chi connectivity index (χ4v) is 5.05. The molecule has 3 aromatic carbocycles. The summed E-state index contributed by atoms with van der Waals surface area (Å²) < 4.78 is 52.5. The van der Waals surface area contributed by atoms with E-state index in [1.165, 1.54) is 25.2 Å². The number of aryl methyl sites for hydroxylation is 1. The van der Waals surface area contributed by atoms with Crippen molar-refractivity contribution in [2.75, 3.05) is 33.8 Å². The molecule has 0 heterocycles. The molecule has 0 radical (unpaired) electrons. The van der Waals surface area contributed by atoms with Crippen LogP contribution in [0.15, 0.2) is 83.8 Å². The molecule has 3 aromatic rings. The number of carbonyl (C=O) groups excluding carboxylic acids is 1. The molecule has 0 unspecified atom stereocenters. The molecule has 0 fully saturated rings. The fraction of sp³-hybridized carbons (Fsp3) is 0.174. The van der Waals surface area contributed by atoms with Crippen LogP contribution in [0, 0.1) is 6.92 Å². The van der Waals surface area contributed by atoms with E-state index in [1.54, 1.807) is 54.6 Å². The fourth-order valence-electron chi connectivity index (χ4n) is 3.12. The van der Waals surface area contributed by atoms with Gasteiger partial charge < -0.3 is 5.32 Å². The first-order valence-electron chi connectivity index (χ1n) is 9.97. The molecule has 10 heteroatoms. The number of hydrogen-bond donors (Lipinski definition) is 1. The Morgan fingerprint density at radius 1 is 0.848 bits per heavy atom. The third-order valence-corrected chi connectivity index (χ3v) is 7.89. The molecule has 33 heavy (non-hydrogen) atoms. The first kappa shape index (κ1) is 24.3. The van der Waals surface area contributed by atoms with Crippen LogP contribution in [-0.2, 0) is 24.8 Å². The lowest BCUT2D eigenvalue weighted by Crippen LogP contribution is -2.38. The van der Waals surface area contributed by atoms with Crippen molar-refractivity contribution in [3.8, 4) is 0 Å². The van der Waals surface area contributed by atoms with Crippen LogP contribution in [0.2, 0.25) is 0 Å². The average molecular weight is 488 g/mol. The summed E-state index contributed by atoms with van der Waals surface area (Å²) in [6.45, 7) is 1.37. The molecule has 0 aromatic heterocycles. The van der Waals surface area contributed by atoms with E-state index in [9.17, 15) is 21.6 Å². The molecular formula is C23H25N3O5S2. The van der Waals surface area contributed by atoms with Gasteiger partial charge in [-0.05, 0) is 55.0 Å². The van der Waals surface area contributed by atoms with Crippen molar-refractivity contribution < 1.29 is 21.6 Å². The zero-order valence-corrected chi connectivity index (χ0v) is 20.1. The highest BCUT2D eigenvalue weighted by molar-refractivity contribution is 7.93. The molecule has 0 aliphatic rings. The molecular weight excluding hydrogens is 462 g/mol. The molecule has 0 aliphatic carbocycles. The van der Waals surface area contributed by atoms with Gasteiger partial charge in [-0.25, -0.2) is 16.8 Å². The maximum absolute atomic E-state index is 13.4. The van der Waals surface area contributed by atoms with Gasteiger partial charge in [0, 0.05) is 12.7 Å². The Balaban J connectivity index is 1.91. The lowest BCUT2D eigenvalue weighted by Gasteiger charge is -2.24. The minimum atomic E-state index is -4.01. The van der Waals surface area contributed by atoms with Crippen molar-refractivity contribution in [1.29, 1.82) is 0 Å². The summed E-state index contributed by atoms with van der Waals surface area (Å²) in [5.41, 5.74) is 1.91. The smallest absolute Gasteiger partial charge is 0.264 e. The van der Waals surface area contributed by atoms with Gasteiger partial charge in [0.2, 0.25) is 15.9 Å². The second-order valence-corrected chi connectivity index (χ2v) is 11.4. The summed E-state index contributed by atoms with van der Waals surface area (Å²) in [7, 11) is -6.09. The van der Waals surface area contributed by atoms with Crippen LogP contribution < -0.4 is 13.9 Å². The minimum Gasteiger partial charge on any atom is -0.324 e. The number of sulfonamides is 2. The number of anilines is 3. The van der Waals surface area contributed by atoms with Gasteiger partial charge in [0.25, 0.3) is 10.0 Å². The normalized spacial score (nSPS) is 11.6. The number of hydrogen-bond acceptors (Lipinski definition) is 5. The van der Waals surface area contributed by atoms with Crippen LogP contribution in [0.4, 0.5) is 17.1 Å². The molecule has 174 valence electrons. The van der Waals surface area contributed by atoms with E-state index in [0.717, 1.165) is 20.4 Å². The Hall–Kier alpha value is -3.37. The highest BCUT2D eigenvalue weighted by atomic mass is 32.2. The van der Waals surface area contributed by atoms with E-state index in [-0.39, 0.29) is 4.90 Å². The summed E-state index contributed by atoms with van der Waals surface area (Å²) in [6.07, 6.45) is 1.08. The Labute approximate surface area is 194 Å². The van der Waals surface area contributed by atoms with Crippen molar-refractivity contribution in [3.63, 3.8) is 0 Å². The lowest BCUT2D eigenvalue weighted by molar-refractivity contribution is -0.114. The van der Waals surface area contributed by atoms with Gasteiger partial charge in [-0.3, -0.25) is 13.4 Å². The van der Waals surface area contributed by atoms with E-state index >= 15 is 0 Å². The topological polar surface area (TPSA) is 104 Å². The zero-order valence-electron chi connectivity index (χ0n) is 18.5. The van der Waals surface area contributed by atoms with Gasteiger partial charge in [-0.15, -0.1) is 0 Å². The van der Waals surface area contributed by atoms with Crippen molar-refractivity contribution >= 4 is 43.0 Å². The summed E-state index contributed by atoms with van der Waals surface area (Å²) in [4.78, 5) is 13.0. The molecule has 1 amide bonds. The van der Waals surface area contributed by atoms with Gasteiger partial charge in [-0.2, -0.15) is 0 Å². The summed E-state index contributed by atoms with van der Waals surface area (Å²) in [5, 5.41) is 2.66. The summed E-state index contributed by atoms with van der Waals surface area (Å²) in [5.74, 6) is -0.574. The predicted octanol–water partition coefficient (Wildman–Crippen LogP) is 3.22. The van der Waals surface area contributed by atoms with Crippen LogP contribution in [-0.4, -0.2) is 42.6 Å². The second-order valence-electron chi connectivity index (χ2n) is 7.49. The van der Waals surface area contributed by atoms with E-state index < -0.39 is 32.5 Å². The summed E-state index contributed by atoms with van der Waals surface area (Å²) >= 11 is 0. The number of benzene rings is 3. The standard InChI is InChI=1S/C23H25N3O5S2/c1-18-9-7-12-21(15-18)26(33(30,31)22-13-5-4-6-14-22)17-23(27)24-19-10-8-11-20(16-19)25(2)32(3,28)29/h4-16H,17H2,1-3H3,(H,24,27). The quantitative estimate of drug-likeness (QED) is 0.525. The molecule has 8 nitrogen and oxygen atoms in total. The lowest BCUT2D eigenvalue weighted by atomic mass is 10.2. The first-order chi connectivity index (χ1) is 15.5. The van der Waals surface area contributed by atoms with Gasteiger partial charge in [0.15, 0.2) is 0 Å². The first-order valence-corrected chi connectivity index (χ1v) is 13.3. The Bertz CT molecular complexity index is 1360. The van der Waals surface area contributed by atoms with Crippen molar-refractivity contribution in [2.24, 2.45) is 0 Å². The molecule has 0 bridgehead atoms. The average Bonchev–Trinajstić information content (AvgIpc) is 2.77. The Kier molecular flexibility index (Phi) is 7.09. The third-order valence-electron chi connectivity index (χ3n) is 4.90. The van der Waals surface area contributed by atoms with Crippen LogP contribution >= 0.6 is 0 Å². The van der Waals surface area contributed by atoms with Gasteiger partial charge in [0.1, 0.15) is 6.54 Å². The molecule has 0 saturated carbocycles. The van der Waals surface area contributed by atoms with Crippen LogP contribution in [0.25, 0.3) is 0 Å². The van der Waals surface area contributed by atoms with Crippen molar-refractivity contribution in [3.05, 3.63) is 84.4 Å². The minimum absolute atomic E-state index is 0.0658. The van der Waals surface area contributed by atoms with Crippen molar-refractivity contribution in [2.45, 2.75) is 11.8 Å². The monoisotopic (exact) mass is 487 g/mol. The van der Waals surface area contributed by atoms with Gasteiger partial charge in [-0.1, -0.05) is 36.4 Å². The molecule has 0 spiro atoms. The maximum atomic E-state index is 13.4. The number of rotatable bonds is 8. The molecule has 0 saturated heterocycles. The largest absolute Gasteiger partial charge is 0.324 e. The number of nitrogens with one attached hydrogen (secondary N) is 1. The van der Waals surface area contributed by atoms with Crippen LogP contribution in [0.3, 0.4) is 0 Å². The SMILES string of the molecule is Cc1cccc(N(CC(=O)Nc2cccc(N(C)S(C)(=O)=O)c2)S(=O)(=O)c2ccccc2)c1. The van der Waals surface area contributed by atoms with Crippen LogP contribution in [0.1, 0.15) is 5.56 Å². The predicted molar refractivity (Wildman–Crippen MR) is 130 cm³/mol. The van der Waals surface area contributed by atoms with Crippen molar-refractivity contribution in [1.82, 2.24) is 0 Å². The van der Waals surface area contributed by atoms with Gasteiger partial charge >= 0.3 is 0 Å². The molecule has 1 N–H and O–H groups in total. The number of nitrogens with zero attached hydrogens (tertiary/aromatic N) is 2. The van der Waals surface area contributed by atoms with Crippen LogP contribution in [0.5, 0.6) is 0 Å². The number of amides is 1. The highest BCUT2D eigenvalue weighted by Gasteiger charge is 2.27.